The molecule has 0 aromatic heterocycles. The molecule has 0 radical (unpaired) electrons. The summed E-state index contributed by atoms with van der Waals surface area (Å²) in [5.74, 6) is -3.80. The predicted octanol–water partition coefficient (Wildman–Crippen LogP) is 3.30. The van der Waals surface area contributed by atoms with Gasteiger partial charge in [-0.1, -0.05) is 19.4 Å². The number of carbonyl (C=O) groups is 3. The Morgan fingerprint density at radius 2 is 1.88 bits per heavy atom. The van der Waals surface area contributed by atoms with Gasteiger partial charge in [0.1, 0.15) is 11.5 Å². The summed E-state index contributed by atoms with van der Waals surface area (Å²) in [7, 11) is 1.50. The zero-order chi connectivity index (χ0) is 24.4. The molecule has 4 rings (SSSR count). The van der Waals surface area contributed by atoms with Crippen LogP contribution >= 0.6 is 0 Å². The molecular formula is C26H30O7. The number of hydrogen-bond donors (Lipinski definition) is 3. The minimum absolute atomic E-state index is 0.0448. The first-order valence-corrected chi connectivity index (χ1v) is 11.3. The number of ketones is 3. The van der Waals surface area contributed by atoms with E-state index in [1.54, 1.807) is 6.92 Å². The third-order valence-electron chi connectivity index (χ3n) is 7.45. The summed E-state index contributed by atoms with van der Waals surface area (Å²) in [5, 5.41) is 33.6. The van der Waals surface area contributed by atoms with Crippen molar-refractivity contribution in [3.8, 4) is 5.75 Å². The van der Waals surface area contributed by atoms with Gasteiger partial charge in [0.2, 0.25) is 11.6 Å². The van der Waals surface area contributed by atoms with Gasteiger partial charge in [0.25, 0.3) is 0 Å². The molecule has 1 fully saturated rings. The Labute approximate surface area is 192 Å². The molecule has 33 heavy (non-hydrogen) atoms. The summed E-state index contributed by atoms with van der Waals surface area (Å²) < 4.78 is 5.20. The van der Waals surface area contributed by atoms with Gasteiger partial charge in [0.15, 0.2) is 11.4 Å². The van der Waals surface area contributed by atoms with Crippen LogP contribution in [0, 0.1) is 11.8 Å². The lowest BCUT2D eigenvalue weighted by Crippen LogP contribution is -2.61. The van der Waals surface area contributed by atoms with Crippen molar-refractivity contribution in [2.24, 2.45) is 11.8 Å². The minimum Gasteiger partial charge on any atom is -0.507 e. The molecule has 0 heterocycles. The number of phenolic OH excluding ortho intramolecular Hbond substituents is 1. The van der Waals surface area contributed by atoms with Gasteiger partial charge in [0.05, 0.1) is 17.7 Å². The maximum Gasteiger partial charge on any atom is 0.206 e. The standard InChI is InChI=1S/C26H30O7/c1-11(2)17-9-15(10-33-5)22(28)21-18(17)8-14-7-16-6-12(3)19(13(4)27)24(30)26(16,32)25(31)20(14)23(21)29/h9,11,14,16,28-29,32H,6-8,10H2,1-5H3/t14-,16-,26-/m1/s1. The summed E-state index contributed by atoms with van der Waals surface area (Å²) in [6, 6.07) is 1.87. The van der Waals surface area contributed by atoms with E-state index >= 15 is 0 Å². The minimum atomic E-state index is -2.39. The first-order valence-electron chi connectivity index (χ1n) is 11.3. The lowest BCUT2D eigenvalue weighted by molar-refractivity contribution is -0.157. The number of hydrogen-bond acceptors (Lipinski definition) is 7. The zero-order valence-corrected chi connectivity index (χ0v) is 19.6. The Morgan fingerprint density at radius 3 is 2.45 bits per heavy atom. The van der Waals surface area contributed by atoms with Crippen molar-refractivity contribution in [1.82, 2.24) is 0 Å². The second kappa shape index (κ2) is 7.92. The number of rotatable bonds is 4. The first-order chi connectivity index (χ1) is 15.4. The van der Waals surface area contributed by atoms with Crippen LogP contribution in [0.5, 0.6) is 5.75 Å². The van der Waals surface area contributed by atoms with Crippen molar-refractivity contribution < 1.29 is 34.4 Å². The van der Waals surface area contributed by atoms with Gasteiger partial charge in [-0.25, -0.2) is 0 Å². The molecule has 0 aliphatic heterocycles. The smallest absolute Gasteiger partial charge is 0.206 e. The van der Waals surface area contributed by atoms with Crippen molar-refractivity contribution in [2.75, 3.05) is 7.11 Å². The van der Waals surface area contributed by atoms with E-state index in [2.05, 4.69) is 0 Å². The van der Waals surface area contributed by atoms with E-state index in [4.69, 9.17) is 4.74 Å². The third-order valence-corrected chi connectivity index (χ3v) is 7.45. The zero-order valence-electron chi connectivity index (χ0n) is 19.6. The van der Waals surface area contributed by atoms with Gasteiger partial charge in [-0.05, 0) is 62.1 Å². The average molecular weight is 455 g/mol. The Balaban J connectivity index is 1.93. The van der Waals surface area contributed by atoms with Gasteiger partial charge >= 0.3 is 0 Å². The number of phenols is 1. The third kappa shape index (κ3) is 3.21. The van der Waals surface area contributed by atoms with Gasteiger partial charge in [0, 0.05) is 24.2 Å². The second-order valence-corrected chi connectivity index (χ2v) is 9.85. The molecule has 0 saturated heterocycles. The number of ether oxygens (including phenoxy) is 1. The van der Waals surface area contributed by atoms with E-state index in [1.807, 2.05) is 19.9 Å². The molecule has 1 saturated carbocycles. The van der Waals surface area contributed by atoms with E-state index in [1.165, 1.54) is 14.0 Å². The summed E-state index contributed by atoms with van der Waals surface area (Å²) in [4.78, 5) is 38.9. The molecule has 3 aliphatic rings. The molecule has 0 amide bonds. The highest BCUT2D eigenvalue weighted by Crippen LogP contribution is 2.52. The topological polar surface area (TPSA) is 121 Å². The van der Waals surface area contributed by atoms with Crippen molar-refractivity contribution in [1.29, 1.82) is 0 Å². The molecule has 7 nitrogen and oxygen atoms in total. The van der Waals surface area contributed by atoms with Crippen molar-refractivity contribution in [3.05, 3.63) is 45.0 Å². The number of aromatic hydroxyl groups is 1. The van der Waals surface area contributed by atoms with Crippen LogP contribution in [0.3, 0.4) is 0 Å². The Morgan fingerprint density at radius 1 is 1.21 bits per heavy atom. The van der Waals surface area contributed by atoms with E-state index < -0.39 is 40.5 Å². The average Bonchev–Trinajstić information content (AvgIpc) is 2.72. The lowest BCUT2D eigenvalue weighted by Gasteiger charge is -2.46. The maximum absolute atomic E-state index is 13.6. The summed E-state index contributed by atoms with van der Waals surface area (Å²) in [5.41, 5.74) is 0.369. The van der Waals surface area contributed by atoms with Gasteiger partial charge in [-0.2, -0.15) is 0 Å². The highest BCUT2D eigenvalue weighted by Gasteiger charge is 2.60. The van der Waals surface area contributed by atoms with Crippen LogP contribution in [-0.4, -0.2) is 45.4 Å². The monoisotopic (exact) mass is 454 g/mol. The molecule has 1 aromatic rings. The number of methoxy groups -OCH3 is 1. The van der Waals surface area contributed by atoms with Crippen LogP contribution in [0.1, 0.15) is 68.7 Å². The molecule has 176 valence electrons. The van der Waals surface area contributed by atoms with Crippen LogP contribution in [-0.2, 0) is 32.1 Å². The molecule has 3 atom stereocenters. The van der Waals surface area contributed by atoms with Crippen molar-refractivity contribution in [3.63, 3.8) is 0 Å². The van der Waals surface area contributed by atoms with E-state index in [-0.39, 0.29) is 41.4 Å². The maximum atomic E-state index is 13.6. The highest BCUT2D eigenvalue weighted by atomic mass is 16.5. The normalized spacial score (nSPS) is 27.0. The van der Waals surface area contributed by atoms with Crippen LogP contribution < -0.4 is 0 Å². The Kier molecular flexibility index (Phi) is 5.61. The molecule has 7 heteroatoms. The molecule has 3 aliphatic carbocycles. The fourth-order valence-corrected chi connectivity index (χ4v) is 5.96. The van der Waals surface area contributed by atoms with Gasteiger partial charge < -0.3 is 20.1 Å². The van der Waals surface area contributed by atoms with Crippen LogP contribution in [0.25, 0.3) is 5.76 Å². The van der Waals surface area contributed by atoms with Crippen LogP contribution in [0.15, 0.2) is 22.8 Å². The van der Waals surface area contributed by atoms with Crippen molar-refractivity contribution >= 4 is 23.1 Å². The molecule has 0 unspecified atom stereocenters. The largest absolute Gasteiger partial charge is 0.507 e. The van der Waals surface area contributed by atoms with E-state index in [0.29, 0.717) is 24.0 Å². The SMILES string of the molecule is COCc1cc(C(C)C)c2c(c1O)C(O)=C1C(=O)[C@]3(O)C(=O)C(C(C)=O)=C(C)C[C@@H]3C[C@@H]1C2. The number of allylic oxidation sites excluding steroid dienone is 1. The molecule has 0 bridgehead atoms. The lowest BCUT2D eigenvalue weighted by atomic mass is 9.57. The number of benzene rings is 1. The van der Waals surface area contributed by atoms with Crippen LogP contribution in [0.4, 0.5) is 0 Å². The Hall–Kier alpha value is -2.77. The van der Waals surface area contributed by atoms with Gasteiger partial charge in [-0.3, -0.25) is 14.4 Å². The van der Waals surface area contributed by atoms with Crippen molar-refractivity contribution in [2.45, 2.75) is 65.1 Å². The highest BCUT2D eigenvalue weighted by molar-refractivity contribution is 6.33. The van der Waals surface area contributed by atoms with Gasteiger partial charge in [-0.15, -0.1) is 0 Å². The Bertz CT molecular complexity index is 1150. The number of Topliss-reactive ketones (excluding diaryl/α,β-unsaturated/α-hetero) is 3. The molecular weight excluding hydrogens is 424 g/mol. The molecule has 3 N–H and O–H groups in total. The number of carbonyl (C=O) groups excluding carboxylic acids is 3. The van der Waals surface area contributed by atoms with Crippen LogP contribution in [0.2, 0.25) is 0 Å². The molecule has 0 spiro atoms. The first kappa shape index (κ1) is 23.4. The fourth-order valence-electron chi connectivity index (χ4n) is 5.96. The summed E-state index contributed by atoms with van der Waals surface area (Å²) in [6.45, 7) is 7.08. The quantitative estimate of drug-likeness (QED) is 0.471. The predicted molar refractivity (Wildman–Crippen MR) is 121 cm³/mol. The van der Waals surface area contributed by atoms with E-state index in [0.717, 1.165) is 11.1 Å². The molecule has 1 aromatic carbocycles. The van der Waals surface area contributed by atoms with E-state index in [9.17, 15) is 29.7 Å². The summed E-state index contributed by atoms with van der Waals surface area (Å²) >= 11 is 0. The number of fused-ring (bicyclic) bond motifs is 3. The fraction of sp³-hybridized carbons (Fsp3) is 0.500. The second-order valence-electron chi connectivity index (χ2n) is 9.85. The summed E-state index contributed by atoms with van der Waals surface area (Å²) in [6.07, 6.45) is 0.973. The number of aliphatic hydroxyl groups is 2. The number of aliphatic hydroxyl groups excluding tert-OH is 1.